The Morgan fingerprint density at radius 2 is 2.12 bits per heavy atom. The number of aliphatic carboxylic acids is 1. The molecule has 2 fully saturated rings. The van der Waals surface area contributed by atoms with Gasteiger partial charge >= 0.3 is 5.97 Å². The minimum absolute atomic E-state index is 0.0435. The number of morpholine rings is 1. The van der Waals surface area contributed by atoms with Crippen LogP contribution in [0, 0.1) is 5.92 Å². The van der Waals surface area contributed by atoms with Gasteiger partial charge in [-0.15, -0.1) is 0 Å². The van der Waals surface area contributed by atoms with E-state index in [1.54, 1.807) is 6.92 Å². The number of rotatable bonds is 3. The van der Waals surface area contributed by atoms with Crippen LogP contribution in [0.2, 0.25) is 0 Å². The first-order valence-corrected chi connectivity index (χ1v) is 5.85. The second-order valence-electron chi connectivity index (χ2n) is 4.98. The van der Waals surface area contributed by atoms with Crippen molar-refractivity contribution in [1.82, 2.24) is 4.90 Å². The van der Waals surface area contributed by atoms with Crippen molar-refractivity contribution in [3.8, 4) is 0 Å². The Bertz CT molecular complexity index is 338. The fourth-order valence-electron chi connectivity index (χ4n) is 2.22. The minimum atomic E-state index is -1.04. The third-order valence-corrected chi connectivity index (χ3v) is 3.56. The standard InChI is InChI=1S/C11H18N2O4/c1-11(12,7-2-3-7)10(16)13-4-5-17-6-8(13)9(14)15/h7-8H,2-6,12H2,1H3,(H,14,15). The van der Waals surface area contributed by atoms with Gasteiger partial charge in [0.2, 0.25) is 5.91 Å². The van der Waals surface area contributed by atoms with Crippen molar-refractivity contribution < 1.29 is 19.4 Å². The van der Waals surface area contributed by atoms with E-state index in [1.165, 1.54) is 4.90 Å². The number of carbonyl (C=O) groups is 2. The predicted molar refractivity (Wildman–Crippen MR) is 59.3 cm³/mol. The molecular formula is C11H18N2O4. The first kappa shape index (κ1) is 12.3. The molecular weight excluding hydrogens is 224 g/mol. The van der Waals surface area contributed by atoms with E-state index in [2.05, 4.69) is 0 Å². The lowest BCUT2D eigenvalue weighted by atomic mass is 9.94. The average molecular weight is 242 g/mol. The van der Waals surface area contributed by atoms with Crippen LogP contribution in [-0.2, 0) is 14.3 Å². The van der Waals surface area contributed by atoms with Crippen molar-refractivity contribution in [1.29, 1.82) is 0 Å². The fourth-order valence-corrected chi connectivity index (χ4v) is 2.22. The Morgan fingerprint density at radius 1 is 1.47 bits per heavy atom. The molecule has 0 radical (unpaired) electrons. The maximum Gasteiger partial charge on any atom is 0.328 e. The number of hydrogen-bond acceptors (Lipinski definition) is 4. The molecule has 17 heavy (non-hydrogen) atoms. The molecule has 2 rings (SSSR count). The van der Waals surface area contributed by atoms with Gasteiger partial charge in [0.1, 0.15) is 0 Å². The lowest BCUT2D eigenvalue weighted by molar-refractivity contribution is -0.161. The molecule has 0 aromatic rings. The van der Waals surface area contributed by atoms with Crippen LogP contribution in [0.1, 0.15) is 19.8 Å². The zero-order valence-electron chi connectivity index (χ0n) is 9.89. The monoisotopic (exact) mass is 242 g/mol. The molecule has 2 atom stereocenters. The number of carboxylic acid groups (broad SMARTS) is 1. The summed E-state index contributed by atoms with van der Waals surface area (Å²) in [6, 6.07) is -0.905. The van der Waals surface area contributed by atoms with E-state index in [-0.39, 0.29) is 18.4 Å². The van der Waals surface area contributed by atoms with Gasteiger partial charge in [0.25, 0.3) is 0 Å². The SMILES string of the molecule is CC(N)(C(=O)N1CCOCC1C(=O)O)C1CC1. The van der Waals surface area contributed by atoms with Crippen LogP contribution in [0.25, 0.3) is 0 Å². The van der Waals surface area contributed by atoms with Crippen LogP contribution in [0.3, 0.4) is 0 Å². The van der Waals surface area contributed by atoms with E-state index >= 15 is 0 Å². The highest BCUT2D eigenvalue weighted by atomic mass is 16.5. The van der Waals surface area contributed by atoms with Gasteiger partial charge in [-0.3, -0.25) is 4.79 Å². The lowest BCUT2D eigenvalue weighted by Crippen LogP contribution is -2.62. The molecule has 2 unspecified atom stereocenters. The van der Waals surface area contributed by atoms with E-state index in [9.17, 15) is 9.59 Å². The van der Waals surface area contributed by atoms with E-state index in [1.807, 2.05) is 0 Å². The Labute approximate surface area is 99.7 Å². The number of ether oxygens (including phenoxy) is 1. The maximum atomic E-state index is 12.3. The summed E-state index contributed by atoms with van der Waals surface area (Å²) in [6.07, 6.45) is 1.89. The molecule has 96 valence electrons. The smallest absolute Gasteiger partial charge is 0.328 e. The van der Waals surface area contributed by atoms with Crippen molar-refractivity contribution in [3.63, 3.8) is 0 Å². The van der Waals surface area contributed by atoms with Crippen molar-refractivity contribution >= 4 is 11.9 Å². The second-order valence-corrected chi connectivity index (χ2v) is 4.98. The summed E-state index contributed by atoms with van der Waals surface area (Å²) in [5, 5.41) is 9.06. The highest BCUT2D eigenvalue weighted by Crippen LogP contribution is 2.39. The van der Waals surface area contributed by atoms with E-state index in [0.29, 0.717) is 13.2 Å². The van der Waals surface area contributed by atoms with Crippen LogP contribution in [0.15, 0.2) is 0 Å². The molecule has 1 aliphatic carbocycles. The van der Waals surface area contributed by atoms with Gasteiger partial charge in [-0.25, -0.2) is 4.79 Å². The number of hydrogen-bond donors (Lipinski definition) is 2. The molecule has 0 aromatic carbocycles. The normalized spacial score (nSPS) is 28.6. The van der Waals surface area contributed by atoms with Gasteiger partial charge in [-0.1, -0.05) is 0 Å². The van der Waals surface area contributed by atoms with Gasteiger partial charge in [0.05, 0.1) is 18.8 Å². The molecule has 2 aliphatic rings. The molecule has 1 saturated heterocycles. The average Bonchev–Trinajstić information content (AvgIpc) is 3.12. The molecule has 1 saturated carbocycles. The van der Waals surface area contributed by atoms with Crippen LogP contribution < -0.4 is 5.73 Å². The number of carbonyl (C=O) groups excluding carboxylic acids is 1. The third kappa shape index (κ3) is 2.28. The predicted octanol–water partition coefficient (Wildman–Crippen LogP) is -0.574. The molecule has 3 N–H and O–H groups in total. The Kier molecular flexibility index (Phi) is 3.09. The van der Waals surface area contributed by atoms with Gasteiger partial charge in [-0.2, -0.15) is 0 Å². The van der Waals surface area contributed by atoms with E-state index in [0.717, 1.165) is 12.8 Å². The van der Waals surface area contributed by atoms with Gasteiger partial charge in [0, 0.05) is 6.54 Å². The Morgan fingerprint density at radius 3 is 2.65 bits per heavy atom. The van der Waals surface area contributed by atoms with Crippen LogP contribution >= 0.6 is 0 Å². The van der Waals surface area contributed by atoms with Gasteiger partial charge in [0.15, 0.2) is 6.04 Å². The highest BCUT2D eigenvalue weighted by molar-refractivity contribution is 5.90. The fraction of sp³-hybridized carbons (Fsp3) is 0.818. The van der Waals surface area contributed by atoms with E-state index in [4.69, 9.17) is 15.6 Å². The summed E-state index contributed by atoms with van der Waals surface area (Å²) < 4.78 is 5.10. The quantitative estimate of drug-likeness (QED) is 0.691. The van der Waals surface area contributed by atoms with Crippen molar-refractivity contribution in [2.75, 3.05) is 19.8 Å². The van der Waals surface area contributed by atoms with Crippen LogP contribution in [0.5, 0.6) is 0 Å². The van der Waals surface area contributed by atoms with Crippen LogP contribution in [0.4, 0.5) is 0 Å². The van der Waals surface area contributed by atoms with Crippen molar-refractivity contribution in [3.05, 3.63) is 0 Å². The zero-order valence-corrected chi connectivity index (χ0v) is 9.89. The summed E-state index contributed by atoms with van der Waals surface area (Å²) in [5.41, 5.74) is 5.09. The molecule has 1 heterocycles. The molecule has 1 aliphatic heterocycles. The van der Waals surface area contributed by atoms with Crippen molar-refractivity contribution in [2.45, 2.75) is 31.3 Å². The Balaban J connectivity index is 2.13. The number of nitrogens with zero attached hydrogens (tertiary/aromatic N) is 1. The molecule has 0 aromatic heterocycles. The molecule has 6 nitrogen and oxygen atoms in total. The summed E-state index contributed by atoms with van der Waals surface area (Å²) in [4.78, 5) is 24.7. The Hall–Kier alpha value is -1.14. The summed E-state index contributed by atoms with van der Waals surface area (Å²) in [5.74, 6) is -1.12. The molecule has 0 bridgehead atoms. The number of carboxylic acids is 1. The topological polar surface area (TPSA) is 92.9 Å². The van der Waals surface area contributed by atoms with Crippen LogP contribution in [-0.4, -0.2) is 53.2 Å². The second kappa shape index (κ2) is 4.27. The lowest BCUT2D eigenvalue weighted by Gasteiger charge is -2.38. The first-order valence-electron chi connectivity index (χ1n) is 5.85. The summed E-state index contributed by atoms with van der Waals surface area (Å²) >= 11 is 0. The van der Waals surface area contributed by atoms with Gasteiger partial charge in [-0.05, 0) is 25.7 Å². The third-order valence-electron chi connectivity index (χ3n) is 3.56. The van der Waals surface area contributed by atoms with Crippen molar-refractivity contribution in [2.24, 2.45) is 11.7 Å². The minimum Gasteiger partial charge on any atom is -0.480 e. The highest BCUT2D eigenvalue weighted by Gasteiger charge is 2.48. The van der Waals surface area contributed by atoms with E-state index < -0.39 is 17.6 Å². The molecule has 6 heteroatoms. The first-order chi connectivity index (χ1) is 7.94. The largest absolute Gasteiger partial charge is 0.480 e. The number of nitrogens with two attached hydrogens (primary N) is 1. The summed E-state index contributed by atoms with van der Waals surface area (Å²) in [6.45, 7) is 2.41. The van der Waals surface area contributed by atoms with Gasteiger partial charge < -0.3 is 20.5 Å². The number of amides is 1. The molecule has 0 spiro atoms. The molecule has 1 amide bonds. The summed E-state index contributed by atoms with van der Waals surface area (Å²) in [7, 11) is 0. The zero-order chi connectivity index (χ0) is 12.6. The maximum absolute atomic E-state index is 12.3.